The van der Waals surface area contributed by atoms with Crippen molar-refractivity contribution in [3.8, 4) is 11.1 Å². The lowest BCUT2D eigenvalue weighted by atomic mass is 10.0. The minimum atomic E-state index is -0.352. The number of rotatable bonds is 8. The molecule has 0 radical (unpaired) electrons. The van der Waals surface area contributed by atoms with Crippen LogP contribution in [0.4, 0.5) is 10.2 Å². The molecule has 0 spiro atoms. The normalized spacial score (nSPS) is 16.2. The number of likely N-dealkylation sites (tertiary alicyclic amines) is 1. The first kappa shape index (κ1) is 22.9. The van der Waals surface area contributed by atoms with Gasteiger partial charge in [-0.15, -0.1) is 0 Å². The molecule has 2 aromatic carbocycles. The van der Waals surface area contributed by atoms with Crippen LogP contribution >= 0.6 is 0 Å². The van der Waals surface area contributed by atoms with E-state index in [4.69, 9.17) is 4.74 Å². The van der Waals surface area contributed by atoms with Gasteiger partial charge in [0.2, 0.25) is 0 Å². The predicted octanol–water partition coefficient (Wildman–Crippen LogP) is 5.39. The van der Waals surface area contributed by atoms with Crippen LogP contribution in [0.5, 0.6) is 0 Å². The minimum absolute atomic E-state index is 0.171. The minimum Gasteiger partial charge on any atom is -0.459 e. The predicted molar refractivity (Wildman–Crippen MR) is 128 cm³/mol. The monoisotopic (exact) mass is 447 g/mol. The van der Waals surface area contributed by atoms with Gasteiger partial charge in [0.1, 0.15) is 17.2 Å². The van der Waals surface area contributed by atoms with Gasteiger partial charge >= 0.3 is 5.97 Å². The lowest BCUT2D eigenvalue weighted by molar-refractivity contribution is 0.0378. The van der Waals surface area contributed by atoms with Crippen LogP contribution in [0.2, 0.25) is 0 Å². The molecule has 0 bridgehead atoms. The van der Waals surface area contributed by atoms with Crippen LogP contribution in [0.3, 0.4) is 0 Å². The molecule has 1 aromatic heterocycles. The Kier molecular flexibility index (Phi) is 7.35. The molecular weight excluding hydrogens is 417 g/mol. The average Bonchev–Trinajstić information content (AvgIpc) is 3.25. The van der Waals surface area contributed by atoms with Crippen LogP contribution in [0, 0.1) is 11.7 Å². The molecule has 5 nitrogen and oxygen atoms in total. The Morgan fingerprint density at radius 2 is 1.97 bits per heavy atom. The van der Waals surface area contributed by atoms with Gasteiger partial charge in [0.25, 0.3) is 0 Å². The second-order valence-electron chi connectivity index (χ2n) is 8.83. The number of aromatic nitrogens is 1. The fraction of sp³-hybridized carbons (Fsp3) is 0.333. The molecule has 6 heteroatoms. The van der Waals surface area contributed by atoms with Crippen molar-refractivity contribution in [2.45, 2.75) is 32.9 Å². The van der Waals surface area contributed by atoms with E-state index in [0.717, 1.165) is 43.7 Å². The molecule has 0 aliphatic carbocycles. The molecule has 0 unspecified atom stereocenters. The summed E-state index contributed by atoms with van der Waals surface area (Å²) in [6.45, 7) is 7.31. The zero-order chi connectivity index (χ0) is 23.2. The van der Waals surface area contributed by atoms with Gasteiger partial charge in [-0.3, -0.25) is 4.90 Å². The highest BCUT2D eigenvalue weighted by molar-refractivity contribution is 5.94. The van der Waals surface area contributed by atoms with E-state index < -0.39 is 0 Å². The molecule has 2 heterocycles. The van der Waals surface area contributed by atoms with Crippen LogP contribution in [0.15, 0.2) is 66.9 Å². The van der Waals surface area contributed by atoms with Crippen LogP contribution in [-0.2, 0) is 11.3 Å². The summed E-state index contributed by atoms with van der Waals surface area (Å²) < 4.78 is 18.6. The van der Waals surface area contributed by atoms with Gasteiger partial charge in [-0.25, -0.2) is 14.2 Å². The molecule has 1 atom stereocenters. The highest BCUT2D eigenvalue weighted by atomic mass is 19.1. The number of pyridine rings is 1. The Balaban J connectivity index is 1.33. The Morgan fingerprint density at radius 3 is 2.76 bits per heavy atom. The van der Waals surface area contributed by atoms with Crippen molar-refractivity contribution in [3.05, 3.63) is 83.8 Å². The summed E-state index contributed by atoms with van der Waals surface area (Å²) >= 11 is 0. The quantitative estimate of drug-likeness (QED) is 0.470. The van der Waals surface area contributed by atoms with Crippen molar-refractivity contribution in [3.63, 3.8) is 0 Å². The smallest absolute Gasteiger partial charge is 0.342 e. The maximum Gasteiger partial charge on any atom is 0.342 e. The maximum absolute atomic E-state index is 13.2. The molecule has 1 saturated heterocycles. The molecule has 3 aromatic rings. The van der Waals surface area contributed by atoms with Gasteiger partial charge < -0.3 is 10.1 Å². The van der Waals surface area contributed by atoms with E-state index in [0.29, 0.717) is 17.3 Å². The molecule has 4 rings (SSSR count). The number of carbonyl (C=O) groups excluding carboxylic acids is 1. The van der Waals surface area contributed by atoms with Gasteiger partial charge in [-0.1, -0.05) is 30.3 Å². The number of carbonyl (C=O) groups is 1. The van der Waals surface area contributed by atoms with E-state index in [9.17, 15) is 9.18 Å². The molecule has 1 aliphatic rings. The van der Waals surface area contributed by atoms with Crippen LogP contribution in [-0.4, -0.2) is 41.6 Å². The summed E-state index contributed by atoms with van der Waals surface area (Å²) in [5.74, 6) is 0.478. The molecule has 172 valence electrons. The number of nitrogens with one attached hydrogen (secondary N) is 1. The maximum atomic E-state index is 13.2. The first-order valence-corrected chi connectivity index (χ1v) is 11.4. The first-order valence-electron chi connectivity index (χ1n) is 11.4. The number of nitrogens with zero attached hydrogens (tertiary/aromatic N) is 2. The fourth-order valence-electron chi connectivity index (χ4n) is 4.20. The van der Waals surface area contributed by atoms with Crippen LogP contribution in [0.25, 0.3) is 11.1 Å². The summed E-state index contributed by atoms with van der Waals surface area (Å²) in [6, 6.07) is 18.5. The number of ether oxygens (including phenoxy) is 1. The number of esters is 1. The van der Waals surface area contributed by atoms with E-state index >= 15 is 0 Å². The lowest BCUT2D eigenvalue weighted by Gasteiger charge is -2.18. The third-order valence-electron chi connectivity index (χ3n) is 5.81. The number of hydrogen-bond acceptors (Lipinski definition) is 5. The van der Waals surface area contributed by atoms with Gasteiger partial charge in [0.05, 0.1) is 6.10 Å². The van der Waals surface area contributed by atoms with Crippen LogP contribution in [0.1, 0.15) is 36.2 Å². The number of hydrogen-bond donors (Lipinski definition) is 1. The number of benzene rings is 2. The summed E-state index contributed by atoms with van der Waals surface area (Å²) in [5, 5.41) is 3.36. The highest BCUT2D eigenvalue weighted by Crippen LogP contribution is 2.24. The van der Waals surface area contributed by atoms with Crippen molar-refractivity contribution in [2.75, 3.05) is 25.0 Å². The van der Waals surface area contributed by atoms with E-state index in [1.165, 1.54) is 17.7 Å². The lowest BCUT2D eigenvalue weighted by Crippen LogP contribution is -2.23. The van der Waals surface area contributed by atoms with Crippen molar-refractivity contribution >= 4 is 11.8 Å². The van der Waals surface area contributed by atoms with Crippen molar-refractivity contribution in [2.24, 2.45) is 5.92 Å². The van der Waals surface area contributed by atoms with Gasteiger partial charge in [0.15, 0.2) is 0 Å². The topological polar surface area (TPSA) is 54.5 Å². The average molecular weight is 448 g/mol. The third-order valence-corrected chi connectivity index (χ3v) is 5.81. The van der Waals surface area contributed by atoms with E-state index in [2.05, 4.69) is 39.5 Å². The second kappa shape index (κ2) is 10.6. The summed E-state index contributed by atoms with van der Waals surface area (Å²) in [5.41, 5.74) is 3.83. The largest absolute Gasteiger partial charge is 0.459 e. The molecule has 0 saturated carbocycles. The molecule has 1 aliphatic heterocycles. The standard InChI is InChI=1S/C27H30FN3O2/c1-19(2)33-27(32)25-7-4-13-29-26(25)30-16-21-12-14-31(18-21)17-20-5-3-6-23(15-20)22-8-10-24(28)11-9-22/h3-11,13,15,19,21H,12,14,16-18H2,1-2H3,(H,29,30)/t21-/m1/s1. The molecule has 0 amide bonds. The Bertz CT molecular complexity index is 1080. The van der Waals surface area contributed by atoms with Crippen molar-refractivity contribution in [1.82, 2.24) is 9.88 Å². The summed E-state index contributed by atoms with van der Waals surface area (Å²) in [7, 11) is 0. The van der Waals surface area contributed by atoms with Gasteiger partial charge in [-0.2, -0.15) is 0 Å². The Morgan fingerprint density at radius 1 is 1.15 bits per heavy atom. The molecule has 33 heavy (non-hydrogen) atoms. The SMILES string of the molecule is CC(C)OC(=O)c1cccnc1NC[C@H]1CCN(Cc2cccc(-c3ccc(F)cc3)c2)C1. The number of halogens is 1. The van der Waals surface area contributed by atoms with Crippen LogP contribution < -0.4 is 5.32 Å². The number of anilines is 1. The fourth-order valence-corrected chi connectivity index (χ4v) is 4.20. The van der Waals surface area contributed by atoms with Gasteiger partial charge in [-0.05, 0) is 79.8 Å². The van der Waals surface area contributed by atoms with E-state index in [1.807, 2.05) is 26.0 Å². The van der Waals surface area contributed by atoms with E-state index in [-0.39, 0.29) is 17.9 Å². The third kappa shape index (κ3) is 6.17. The Hall–Kier alpha value is -3.25. The highest BCUT2D eigenvalue weighted by Gasteiger charge is 2.23. The van der Waals surface area contributed by atoms with Crippen molar-refractivity contribution in [1.29, 1.82) is 0 Å². The van der Waals surface area contributed by atoms with Gasteiger partial charge in [0, 0.05) is 25.8 Å². The Labute approximate surface area is 194 Å². The summed E-state index contributed by atoms with van der Waals surface area (Å²) in [4.78, 5) is 19.1. The zero-order valence-electron chi connectivity index (χ0n) is 19.1. The molecular formula is C27H30FN3O2. The molecule has 1 N–H and O–H groups in total. The van der Waals surface area contributed by atoms with Crippen molar-refractivity contribution < 1.29 is 13.9 Å². The summed E-state index contributed by atoms with van der Waals surface area (Å²) in [6.07, 6.45) is 2.60. The first-order chi connectivity index (χ1) is 16.0. The molecule has 1 fully saturated rings. The van der Waals surface area contributed by atoms with E-state index in [1.54, 1.807) is 18.3 Å². The second-order valence-corrected chi connectivity index (χ2v) is 8.83. The zero-order valence-corrected chi connectivity index (χ0v) is 19.1.